The fourth-order valence-electron chi connectivity index (χ4n) is 1.56. The Kier molecular flexibility index (Phi) is 8.77. The molecule has 0 bridgehead atoms. The predicted octanol–water partition coefficient (Wildman–Crippen LogP) is -3.99. The number of aliphatic hydroxyl groups is 2. The molecule has 23 heavy (non-hydrogen) atoms. The number of carbonyl (C=O) groups excluding carboxylic acids is 3. The van der Waals surface area contributed by atoms with Gasteiger partial charge in [0.25, 0.3) is 0 Å². The number of carboxylic acid groups (broad SMARTS) is 1. The first-order chi connectivity index (χ1) is 10.6. The maximum absolute atomic E-state index is 12.1. The third kappa shape index (κ3) is 7.54. The lowest BCUT2D eigenvalue weighted by molar-refractivity contribution is -0.145. The summed E-state index contributed by atoms with van der Waals surface area (Å²) in [7, 11) is 0. The van der Waals surface area contributed by atoms with Gasteiger partial charge in [-0.25, -0.2) is 4.79 Å². The molecule has 0 aromatic carbocycles. The van der Waals surface area contributed by atoms with Crippen molar-refractivity contribution in [1.82, 2.24) is 10.6 Å². The molecule has 4 atom stereocenters. The summed E-state index contributed by atoms with van der Waals surface area (Å²) in [4.78, 5) is 45.5. The minimum Gasteiger partial charge on any atom is -0.480 e. The first-order valence-electron chi connectivity index (χ1n) is 6.76. The van der Waals surface area contributed by atoms with Gasteiger partial charge >= 0.3 is 5.97 Å². The molecule has 11 nitrogen and oxygen atoms in total. The van der Waals surface area contributed by atoms with Crippen LogP contribution in [0.5, 0.6) is 0 Å². The summed E-state index contributed by atoms with van der Waals surface area (Å²) in [5.74, 6) is -3.99. The number of primary amides is 1. The van der Waals surface area contributed by atoms with Gasteiger partial charge in [-0.1, -0.05) is 0 Å². The van der Waals surface area contributed by atoms with Crippen molar-refractivity contribution in [2.45, 2.75) is 44.0 Å². The average molecular weight is 334 g/mol. The van der Waals surface area contributed by atoms with E-state index < -0.39 is 54.5 Å². The van der Waals surface area contributed by atoms with E-state index in [2.05, 4.69) is 5.32 Å². The Hall–Kier alpha value is -2.24. The van der Waals surface area contributed by atoms with Crippen molar-refractivity contribution in [3.8, 4) is 0 Å². The minimum absolute atomic E-state index is 0.197. The molecule has 0 spiro atoms. The molecule has 0 aliphatic heterocycles. The Morgan fingerprint density at radius 3 is 2.09 bits per heavy atom. The van der Waals surface area contributed by atoms with Crippen molar-refractivity contribution in [3.63, 3.8) is 0 Å². The molecule has 0 radical (unpaired) electrons. The van der Waals surface area contributed by atoms with Crippen LogP contribution in [-0.2, 0) is 19.2 Å². The zero-order valence-electron chi connectivity index (χ0n) is 12.6. The Bertz CT molecular complexity index is 455. The molecule has 132 valence electrons. The number of aliphatic hydroxyl groups excluding tert-OH is 2. The van der Waals surface area contributed by atoms with E-state index in [1.807, 2.05) is 5.32 Å². The van der Waals surface area contributed by atoms with Crippen LogP contribution in [0.25, 0.3) is 0 Å². The number of carbonyl (C=O) groups is 4. The van der Waals surface area contributed by atoms with Gasteiger partial charge in [0.15, 0.2) is 6.04 Å². The second-order valence-electron chi connectivity index (χ2n) is 4.92. The van der Waals surface area contributed by atoms with Crippen molar-refractivity contribution in [1.29, 1.82) is 0 Å². The van der Waals surface area contributed by atoms with Gasteiger partial charge in [-0.15, -0.1) is 0 Å². The lowest BCUT2D eigenvalue weighted by Gasteiger charge is -2.23. The number of hydrogen-bond donors (Lipinski definition) is 7. The van der Waals surface area contributed by atoms with Gasteiger partial charge in [-0.2, -0.15) is 0 Å². The quantitative estimate of drug-likeness (QED) is 0.209. The maximum Gasteiger partial charge on any atom is 0.328 e. The molecule has 0 rings (SSSR count). The highest BCUT2D eigenvalue weighted by atomic mass is 16.4. The van der Waals surface area contributed by atoms with Crippen LogP contribution in [0.2, 0.25) is 0 Å². The molecule has 0 saturated carbocycles. The van der Waals surface area contributed by atoms with E-state index in [-0.39, 0.29) is 12.8 Å². The van der Waals surface area contributed by atoms with Gasteiger partial charge in [0.2, 0.25) is 17.7 Å². The van der Waals surface area contributed by atoms with Crippen LogP contribution in [0, 0.1) is 0 Å². The predicted molar refractivity (Wildman–Crippen MR) is 76.7 cm³/mol. The largest absolute Gasteiger partial charge is 0.480 e. The minimum atomic E-state index is -1.60. The molecule has 0 fully saturated rings. The van der Waals surface area contributed by atoms with Crippen LogP contribution < -0.4 is 22.1 Å². The number of carboxylic acids is 1. The normalized spacial score (nSPS) is 15.8. The van der Waals surface area contributed by atoms with E-state index >= 15 is 0 Å². The van der Waals surface area contributed by atoms with Crippen molar-refractivity contribution in [2.24, 2.45) is 11.5 Å². The van der Waals surface area contributed by atoms with E-state index in [1.54, 1.807) is 0 Å². The SMILES string of the molecule is C[C@@H](O)[C@H](NC(=O)[C@H](CCC(N)=O)NC(=O)[C@@H](N)CO)C(=O)O. The molecule has 3 amide bonds. The number of rotatable bonds is 10. The van der Waals surface area contributed by atoms with Gasteiger partial charge in [-0.05, 0) is 13.3 Å². The molecule has 0 unspecified atom stereocenters. The Morgan fingerprint density at radius 2 is 1.70 bits per heavy atom. The van der Waals surface area contributed by atoms with Crippen molar-refractivity contribution < 1.29 is 34.5 Å². The van der Waals surface area contributed by atoms with Gasteiger partial charge in [0.1, 0.15) is 12.1 Å². The molecule has 9 N–H and O–H groups in total. The van der Waals surface area contributed by atoms with Gasteiger partial charge in [0, 0.05) is 6.42 Å². The second kappa shape index (κ2) is 9.71. The fraction of sp³-hybridized carbons (Fsp3) is 0.667. The lowest BCUT2D eigenvalue weighted by atomic mass is 10.1. The van der Waals surface area contributed by atoms with Crippen molar-refractivity contribution in [3.05, 3.63) is 0 Å². The number of nitrogens with two attached hydrogens (primary N) is 2. The van der Waals surface area contributed by atoms with E-state index in [0.717, 1.165) is 6.92 Å². The first kappa shape index (κ1) is 20.8. The highest BCUT2D eigenvalue weighted by molar-refractivity contribution is 5.92. The van der Waals surface area contributed by atoms with Crippen LogP contribution in [0.4, 0.5) is 0 Å². The van der Waals surface area contributed by atoms with Crippen molar-refractivity contribution >= 4 is 23.7 Å². The zero-order valence-corrected chi connectivity index (χ0v) is 12.6. The molecule has 0 aliphatic carbocycles. The van der Waals surface area contributed by atoms with Gasteiger partial charge < -0.3 is 37.4 Å². The Morgan fingerprint density at radius 1 is 1.13 bits per heavy atom. The summed E-state index contributed by atoms with van der Waals surface area (Å²) in [5, 5.41) is 31.3. The summed E-state index contributed by atoms with van der Waals surface area (Å²) in [6.07, 6.45) is -1.83. The van der Waals surface area contributed by atoms with Gasteiger partial charge in [-0.3, -0.25) is 14.4 Å². The highest BCUT2D eigenvalue weighted by Crippen LogP contribution is 2.01. The standard InChI is InChI=1S/C12H22N4O7/c1-5(18)9(12(22)23)16-11(21)7(2-3-8(14)19)15-10(20)6(13)4-17/h5-7,9,17-18H,2-4,13H2,1H3,(H2,14,19)(H,15,20)(H,16,21)(H,22,23)/t5-,6+,7+,9+/m1/s1. The van der Waals surface area contributed by atoms with E-state index in [4.69, 9.17) is 21.7 Å². The van der Waals surface area contributed by atoms with E-state index in [0.29, 0.717) is 0 Å². The summed E-state index contributed by atoms with van der Waals surface area (Å²) < 4.78 is 0. The Labute approximate surface area is 132 Å². The third-order valence-corrected chi connectivity index (χ3v) is 2.89. The summed E-state index contributed by atoms with van der Waals surface area (Å²) in [5.41, 5.74) is 10.3. The smallest absolute Gasteiger partial charge is 0.328 e. The number of aliphatic carboxylic acids is 1. The molecule has 0 heterocycles. The zero-order chi connectivity index (χ0) is 18.2. The lowest BCUT2D eigenvalue weighted by Crippen LogP contribution is -2.57. The summed E-state index contributed by atoms with van der Waals surface area (Å²) in [6, 6.07) is -4.18. The number of nitrogens with one attached hydrogen (secondary N) is 2. The monoisotopic (exact) mass is 334 g/mol. The molecule has 0 aromatic rings. The molecule has 0 saturated heterocycles. The average Bonchev–Trinajstić information content (AvgIpc) is 2.46. The van der Waals surface area contributed by atoms with E-state index in [1.165, 1.54) is 0 Å². The van der Waals surface area contributed by atoms with Crippen LogP contribution >= 0.6 is 0 Å². The Balaban J connectivity index is 5.02. The summed E-state index contributed by atoms with van der Waals surface area (Å²) >= 11 is 0. The van der Waals surface area contributed by atoms with E-state index in [9.17, 15) is 24.3 Å². The third-order valence-electron chi connectivity index (χ3n) is 2.89. The molecule has 0 aromatic heterocycles. The number of hydrogen-bond acceptors (Lipinski definition) is 7. The van der Waals surface area contributed by atoms with Crippen LogP contribution in [0.15, 0.2) is 0 Å². The topological polar surface area (TPSA) is 205 Å². The fourth-order valence-corrected chi connectivity index (χ4v) is 1.56. The first-order valence-corrected chi connectivity index (χ1v) is 6.76. The molecular weight excluding hydrogens is 312 g/mol. The number of amides is 3. The highest BCUT2D eigenvalue weighted by Gasteiger charge is 2.30. The summed E-state index contributed by atoms with van der Waals surface area (Å²) in [6.45, 7) is 0.499. The van der Waals surface area contributed by atoms with Crippen LogP contribution in [0.3, 0.4) is 0 Å². The van der Waals surface area contributed by atoms with Crippen LogP contribution in [0.1, 0.15) is 19.8 Å². The van der Waals surface area contributed by atoms with Crippen LogP contribution in [-0.4, -0.2) is 69.8 Å². The molecule has 11 heteroatoms. The van der Waals surface area contributed by atoms with Crippen molar-refractivity contribution in [2.75, 3.05) is 6.61 Å². The molecular formula is C12H22N4O7. The maximum atomic E-state index is 12.1. The second-order valence-corrected chi connectivity index (χ2v) is 4.92. The van der Waals surface area contributed by atoms with Gasteiger partial charge in [0.05, 0.1) is 12.7 Å². The molecule has 0 aliphatic rings.